The van der Waals surface area contributed by atoms with Crippen molar-refractivity contribution in [2.45, 2.75) is 39.5 Å². The largest absolute Gasteiger partial charge is 0.370 e. The predicted octanol–water partition coefficient (Wildman–Crippen LogP) is 4.69. The van der Waals surface area contributed by atoms with Gasteiger partial charge in [-0.2, -0.15) is 0 Å². The van der Waals surface area contributed by atoms with Crippen molar-refractivity contribution in [3.05, 3.63) is 53.9 Å². The molecular weight excluding hydrogens is 310 g/mol. The fourth-order valence-corrected chi connectivity index (χ4v) is 3.12. The minimum Gasteiger partial charge on any atom is -0.370 e. The van der Waals surface area contributed by atoms with E-state index in [1.165, 1.54) is 18.4 Å². The Morgan fingerprint density at radius 3 is 2.36 bits per heavy atom. The molecule has 1 N–H and O–H groups in total. The van der Waals surface area contributed by atoms with Gasteiger partial charge in [-0.25, -0.2) is 4.98 Å². The van der Waals surface area contributed by atoms with Crippen LogP contribution < -0.4 is 10.2 Å². The van der Waals surface area contributed by atoms with E-state index in [-0.39, 0.29) is 5.91 Å². The highest BCUT2D eigenvalue weighted by atomic mass is 16.1. The summed E-state index contributed by atoms with van der Waals surface area (Å²) in [5.74, 6) is 1.11. The van der Waals surface area contributed by atoms with E-state index in [9.17, 15) is 4.79 Å². The van der Waals surface area contributed by atoms with Crippen molar-refractivity contribution in [2.24, 2.45) is 5.92 Å². The SMILES string of the molecule is CC1CCN(c2ccc(C(=O)Nc3ccc(C(C)C)cc3)nc2)CC1. The Bertz CT molecular complexity index is 699. The van der Waals surface area contributed by atoms with Crippen LogP contribution in [-0.4, -0.2) is 24.0 Å². The molecule has 2 heterocycles. The third-order valence-electron chi connectivity index (χ3n) is 4.96. The van der Waals surface area contributed by atoms with Crippen LogP contribution in [0.15, 0.2) is 42.6 Å². The van der Waals surface area contributed by atoms with Crippen LogP contribution >= 0.6 is 0 Å². The van der Waals surface area contributed by atoms with Crippen molar-refractivity contribution < 1.29 is 4.79 Å². The van der Waals surface area contributed by atoms with Gasteiger partial charge >= 0.3 is 0 Å². The number of hydrogen-bond donors (Lipinski definition) is 1. The third-order valence-corrected chi connectivity index (χ3v) is 4.96. The number of rotatable bonds is 4. The molecule has 0 atom stereocenters. The van der Waals surface area contributed by atoms with Crippen LogP contribution in [0.4, 0.5) is 11.4 Å². The summed E-state index contributed by atoms with van der Waals surface area (Å²) in [6.45, 7) is 8.74. The molecule has 132 valence electrons. The molecule has 1 aliphatic heterocycles. The molecule has 2 aromatic rings. The standard InChI is InChI=1S/C21H27N3O/c1-15(2)17-4-6-18(7-5-17)23-21(25)20-9-8-19(14-22-20)24-12-10-16(3)11-13-24/h4-9,14-16H,10-13H2,1-3H3,(H,23,25). The number of carbonyl (C=O) groups excluding carboxylic acids is 1. The van der Waals surface area contributed by atoms with Crippen LogP contribution in [0.1, 0.15) is 55.6 Å². The number of aromatic nitrogens is 1. The first-order chi connectivity index (χ1) is 12.0. The van der Waals surface area contributed by atoms with E-state index in [0.29, 0.717) is 11.6 Å². The van der Waals surface area contributed by atoms with Gasteiger partial charge in [0, 0.05) is 18.8 Å². The van der Waals surface area contributed by atoms with Crippen LogP contribution in [0.25, 0.3) is 0 Å². The number of pyridine rings is 1. The summed E-state index contributed by atoms with van der Waals surface area (Å²) in [4.78, 5) is 19.1. The number of nitrogens with one attached hydrogen (secondary N) is 1. The van der Waals surface area contributed by atoms with Crippen molar-refractivity contribution >= 4 is 17.3 Å². The minimum absolute atomic E-state index is 0.170. The zero-order valence-electron chi connectivity index (χ0n) is 15.3. The molecule has 1 aromatic heterocycles. The average Bonchev–Trinajstić information content (AvgIpc) is 2.63. The molecule has 0 saturated carbocycles. The summed E-state index contributed by atoms with van der Waals surface area (Å²) in [5.41, 5.74) is 3.61. The van der Waals surface area contributed by atoms with Gasteiger partial charge in [-0.05, 0) is 54.5 Å². The molecule has 0 radical (unpaired) electrons. The number of nitrogens with zero attached hydrogens (tertiary/aromatic N) is 2. The van der Waals surface area contributed by atoms with Gasteiger partial charge in [-0.15, -0.1) is 0 Å². The molecule has 3 rings (SSSR count). The second-order valence-electron chi connectivity index (χ2n) is 7.30. The molecule has 1 aromatic carbocycles. The Morgan fingerprint density at radius 2 is 1.80 bits per heavy atom. The summed E-state index contributed by atoms with van der Waals surface area (Å²) in [6.07, 6.45) is 4.25. The molecule has 0 bridgehead atoms. The smallest absolute Gasteiger partial charge is 0.274 e. The molecule has 25 heavy (non-hydrogen) atoms. The Hall–Kier alpha value is -2.36. The minimum atomic E-state index is -0.170. The molecule has 1 saturated heterocycles. The summed E-state index contributed by atoms with van der Waals surface area (Å²) in [5, 5.41) is 2.91. The lowest BCUT2D eigenvalue weighted by molar-refractivity contribution is 0.102. The highest BCUT2D eigenvalue weighted by Gasteiger charge is 2.17. The summed E-state index contributed by atoms with van der Waals surface area (Å²) in [6, 6.07) is 11.8. The number of amides is 1. The van der Waals surface area contributed by atoms with Gasteiger partial charge in [-0.3, -0.25) is 4.79 Å². The van der Waals surface area contributed by atoms with Gasteiger partial charge in [0.1, 0.15) is 5.69 Å². The van der Waals surface area contributed by atoms with Crippen molar-refractivity contribution in [3.63, 3.8) is 0 Å². The molecule has 4 heteroatoms. The molecular formula is C21H27N3O. The number of hydrogen-bond acceptors (Lipinski definition) is 3. The van der Waals surface area contributed by atoms with E-state index in [2.05, 4.69) is 36.0 Å². The topological polar surface area (TPSA) is 45.2 Å². The van der Waals surface area contributed by atoms with Crippen molar-refractivity contribution in [3.8, 4) is 0 Å². The van der Waals surface area contributed by atoms with Crippen molar-refractivity contribution in [1.82, 2.24) is 4.98 Å². The number of anilines is 2. The lowest BCUT2D eigenvalue weighted by atomic mass is 9.99. The Kier molecular flexibility index (Phi) is 5.37. The first-order valence-corrected chi connectivity index (χ1v) is 9.15. The molecule has 0 spiro atoms. The molecule has 0 unspecified atom stereocenters. The van der Waals surface area contributed by atoms with E-state index >= 15 is 0 Å². The fourth-order valence-electron chi connectivity index (χ4n) is 3.12. The van der Waals surface area contributed by atoms with E-state index < -0.39 is 0 Å². The third kappa shape index (κ3) is 4.38. The predicted molar refractivity (Wildman–Crippen MR) is 103 cm³/mol. The van der Waals surface area contributed by atoms with Crippen LogP contribution in [0.5, 0.6) is 0 Å². The van der Waals surface area contributed by atoms with Gasteiger partial charge < -0.3 is 10.2 Å². The maximum Gasteiger partial charge on any atom is 0.274 e. The quantitative estimate of drug-likeness (QED) is 0.880. The van der Waals surface area contributed by atoms with Gasteiger partial charge in [0.25, 0.3) is 5.91 Å². The van der Waals surface area contributed by atoms with E-state index in [1.807, 2.05) is 42.6 Å². The van der Waals surface area contributed by atoms with Crippen LogP contribution in [-0.2, 0) is 0 Å². The molecule has 0 aliphatic carbocycles. The van der Waals surface area contributed by atoms with E-state index in [0.717, 1.165) is 30.4 Å². The normalized spacial score (nSPS) is 15.4. The number of piperidine rings is 1. The Balaban J connectivity index is 1.62. The second kappa shape index (κ2) is 7.68. The van der Waals surface area contributed by atoms with Crippen molar-refractivity contribution in [2.75, 3.05) is 23.3 Å². The summed E-state index contributed by atoms with van der Waals surface area (Å²) >= 11 is 0. The van der Waals surface area contributed by atoms with Gasteiger partial charge in [0.2, 0.25) is 0 Å². The molecule has 1 aliphatic rings. The molecule has 1 fully saturated rings. The van der Waals surface area contributed by atoms with Gasteiger partial charge in [0.15, 0.2) is 0 Å². The van der Waals surface area contributed by atoms with Crippen molar-refractivity contribution in [1.29, 1.82) is 0 Å². The van der Waals surface area contributed by atoms with Crippen LogP contribution in [0.2, 0.25) is 0 Å². The summed E-state index contributed by atoms with van der Waals surface area (Å²) in [7, 11) is 0. The highest BCUT2D eigenvalue weighted by Crippen LogP contribution is 2.22. The number of carbonyl (C=O) groups is 1. The molecule has 4 nitrogen and oxygen atoms in total. The molecule has 1 amide bonds. The van der Waals surface area contributed by atoms with Gasteiger partial charge in [0.05, 0.1) is 11.9 Å². The maximum atomic E-state index is 12.4. The lowest BCUT2D eigenvalue weighted by Crippen LogP contribution is -2.32. The van der Waals surface area contributed by atoms with Crippen LogP contribution in [0, 0.1) is 5.92 Å². The van der Waals surface area contributed by atoms with E-state index in [4.69, 9.17) is 0 Å². The average molecular weight is 337 g/mol. The lowest BCUT2D eigenvalue weighted by Gasteiger charge is -2.31. The monoisotopic (exact) mass is 337 g/mol. The zero-order chi connectivity index (χ0) is 17.8. The fraction of sp³-hybridized carbons (Fsp3) is 0.429. The van der Waals surface area contributed by atoms with E-state index in [1.54, 1.807) is 0 Å². The summed E-state index contributed by atoms with van der Waals surface area (Å²) < 4.78 is 0. The maximum absolute atomic E-state index is 12.4. The highest BCUT2D eigenvalue weighted by molar-refractivity contribution is 6.02. The zero-order valence-corrected chi connectivity index (χ0v) is 15.3. The Labute approximate surface area is 150 Å². The number of benzene rings is 1. The van der Waals surface area contributed by atoms with Gasteiger partial charge in [-0.1, -0.05) is 32.9 Å². The Morgan fingerprint density at radius 1 is 1.12 bits per heavy atom. The first kappa shape index (κ1) is 17.5. The first-order valence-electron chi connectivity index (χ1n) is 9.15. The second-order valence-corrected chi connectivity index (χ2v) is 7.30. The van der Waals surface area contributed by atoms with Crippen LogP contribution in [0.3, 0.4) is 0 Å².